The normalized spacial score (nSPS) is 33.4. The molecule has 0 aromatic heterocycles. The highest BCUT2D eigenvalue weighted by atomic mass is 15.3. The molecule has 2 atom stereocenters. The van der Waals surface area contributed by atoms with Crippen LogP contribution in [0.25, 0.3) is 0 Å². The van der Waals surface area contributed by atoms with Crippen molar-refractivity contribution in [2.75, 3.05) is 33.2 Å². The summed E-state index contributed by atoms with van der Waals surface area (Å²) in [5.41, 5.74) is 0. The van der Waals surface area contributed by atoms with Gasteiger partial charge < -0.3 is 5.32 Å². The van der Waals surface area contributed by atoms with Gasteiger partial charge in [-0.3, -0.25) is 9.80 Å². The zero-order valence-corrected chi connectivity index (χ0v) is 11.8. The maximum Gasteiger partial charge on any atom is 0.0195 e. The molecule has 0 radical (unpaired) electrons. The lowest BCUT2D eigenvalue weighted by molar-refractivity contribution is 0.0604. The van der Waals surface area contributed by atoms with E-state index in [-0.39, 0.29) is 0 Å². The highest BCUT2D eigenvalue weighted by Crippen LogP contribution is 2.17. The largest absolute Gasteiger partial charge is 0.313 e. The fraction of sp³-hybridized carbons (Fsp3) is 1.00. The molecule has 1 saturated heterocycles. The Kier molecular flexibility index (Phi) is 4.83. The standard InChI is InChI=1S/C14H29N3/c1-12-10-17(11-13(2)16(12)3)9-8-15-14-6-4-5-7-14/h12-15H,4-11H2,1-3H3. The molecule has 1 saturated carbocycles. The first kappa shape index (κ1) is 13.3. The third-order valence-electron chi connectivity index (χ3n) is 4.65. The lowest BCUT2D eigenvalue weighted by Gasteiger charge is -2.42. The summed E-state index contributed by atoms with van der Waals surface area (Å²) in [5, 5.41) is 3.71. The summed E-state index contributed by atoms with van der Waals surface area (Å²) in [5.74, 6) is 0. The molecule has 0 aromatic carbocycles. The molecule has 1 aliphatic heterocycles. The average molecular weight is 239 g/mol. The van der Waals surface area contributed by atoms with Crippen molar-refractivity contribution in [3.63, 3.8) is 0 Å². The van der Waals surface area contributed by atoms with E-state index in [4.69, 9.17) is 0 Å². The maximum absolute atomic E-state index is 3.71. The minimum absolute atomic E-state index is 0.699. The van der Waals surface area contributed by atoms with Crippen LogP contribution in [0.2, 0.25) is 0 Å². The van der Waals surface area contributed by atoms with Crippen LogP contribution in [-0.4, -0.2) is 61.2 Å². The lowest BCUT2D eigenvalue weighted by atomic mass is 10.1. The number of hydrogen-bond acceptors (Lipinski definition) is 3. The Morgan fingerprint density at radius 2 is 1.65 bits per heavy atom. The quantitative estimate of drug-likeness (QED) is 0.803. The van der Waals surface area contributed by atoms with Crippen molar-refractivity contribution in [3.8, 4) is 0 Å². The predicted molar refractivity (Wildman–Crippen MR) is 73.4 cm³/mol. The van der Waals surface area contributed by atoms with Crippen LogP contribution in [0.1, 0.15) is 39.5 Å². The molecule has 2 unspecified atom stereocenters. The summed E-state index contributed by atoms with van der Waals surface area (Å²) in [6, 6.07) is 2.22. The van der Waals surface area contributed by atoms with Crippen LogP contribution in [0.15, 0.2) is 0 Å². The second-order valence-electron chi connectivity index (χ2n) is 6.06. The Hall–Kier alpha value is -0.120. The molecule has 0 aromatic rings. The van der Waals surface area contributed by atoms with Crippen LogP contribution in [0.3, 0.4) is 0 Å². The number of piperazine rings is 1. The van der Waals surface area contributed by atoms with Gasteiger partial charge in [0.15, 0.2) is 0 Å². The van der Waals surface area contributed by atoms with Crippen molar-refractivity contribution in [2.45, 2.75) is 57.7 Å². The molecule has 1 heterocycles. The van der Waals surface area contributed by atoms with Crippen molar-refractivity contribution >= 4 is 0 Å². The van der Waals surface area contributed by atoms with E-state index in [0.29, 0.717) is 12.1 Å². The van der Waals surface area contributed by atoms with E-state index in [1.54, 1.807) is 0 Å². The van der Waals surface area contributed by atoms with Gasteiger partial charge in [-0.2, -0.15) is 0 Å². The number of likely N-dealkylation sites (N-methyl/N-ethyl adjacent to an activating group) is 1. The first-order valence-electron chi connectivity index (χ1n) is 7.34. The van der Waals surface area contributed by atoms with E-state index < -0.39 is 0 Å². The van der Waals surface area contributed by atoms with E-state index in [1.807, 2.05) is 0 Å². The fourth-order valence-electron chi connectivity index (χ4n) is 3.25. The number of rotatable bonds is 4. The molecule has 2 aliphatic rings. The third-order valence-corrected chi connectivity index (χ3v) is 4.65. The van der Waals surface area contributed by atoms with Crippen molar-refractivity contribution in [3.05, 3.63) is 0 Å². The minimum Gasteiger partial charge on any atom is -0.313 e. The molecule has 0 bridgehead atoms. The zero-order chi connectivity index (χ0) is 12.3. The summed E-state index contributed by atoms with van der Waals surface area (Å²) in [7, 11) is 2.25. The highest BCUT2D eigenvalue weighted by Gasteiger charge is 2.26. The van der Waals surface area contributed by atoms with Crippen molar-refractivity contribution in [1.82, 2.24) is 15.1 Å². The molecule has 2 fully saturated rings. The van der Waals surface area contributed by atoms with Crippen molar-refractivity contribution in [1.29, 1.82) is 0 Å². The Bertz CT molecular complexity index is 214. The summed E-state index contributed by atoms with van der Waals surface area (Å²) in [6.07, 6.45) is 5.66. The summed E-state index contributed by atoms with van der Waals surface area (Å²) < 4.78 is 0. The van der Waals surface area contributed by atoms with Crippen LogP contribution in [0.4, 0.5) is 0 Å². The molecular weight excluding hydrogens is 210 g/mol. The Morgan fingerprint density at radius 3 is 2.24 bits per heavy atom. The van der Waals surface area contributed by atoms with E-state index >= 15 is 0 Å². The van der Waals surface area contributed by atoms with Crippen LogP contribution < -0.4 is 5.32 Å². The molecule has 100 valence electrons. The molecule has 0 amide bonds. The molecular formula is C14H29N3. The van der Waals surface area contributed by atoms with Gasteiger partial charge >= 0.3 is 0 Å². The number of nitrogens with one attached hydrogen (secondary N) is 1. The van der Waals surface area contributed by atoms with Crippen LogP contribution in [0.5, 0.6) is 0 Å². The molecule has 2 rings (SSSR count). The highest BCUT2D eigenvalue weighted by molar-refractivity contribution is 4.83. The topological polar surface area (TPSA) is 18.5 Å². The second kappa shape index (κ2) is 6.17. The van der Waals surface area contributed by atoms with Gasteiger partial charge in [-0.05, 0) is 33.7 Å². The smallest absolute Gasteiger partial charge is 0.0195 e. The molecule has 17 heavy (non-hydrogen) atoms. The van der Waals surface area contributed by atoms with Crippen molar-refractivity contribution < 1.29 is 0 Å². The van der Waals surface area contributed by atoms with Gasteiger partial charge in [0.05, 0.1) is 0 Å². The predicted octanol–water partition coefficient (Wildman–Crippen LogP) is 1.54. The summed E-state index contributed by atoms with van der Waals surface area (Å²) >= 11 is 0. The van der Waals surface area contributed by atoms with Gasteiger partial charge in [0.25, 0.3) is 0 Å². The van der Waals surface area contributed by atoms with Crippen molar-refractivity contribution in [2.24, 2.45) is 0 Å². The van der Waals surface area contributed by atoms with Gasteiger partial charge in [0, 0.05) is 44.3 Å². The Morgan fingerprint density at radius 1 is 1.06 bits per heavy atom. The van der Waals surface area contributed by atoms with E-state index in [0.717, 1.165) is 6.04 Å². The molecule has 3 heteroatoms. The van der Waals surface area contributed by atoms with Gasteiger partial charge in [-0.1, -0.05) is 12.8 Å². The van der Waals surface area contributed by atoms with Crippen LogP contribution >= 0.6 is 0 Å². The maximum atomic E-state index is 3.71. The molecule has 1 aliphatic carbocycles. The first-order chi connectivity index (χ1) is 8.16. The molecule has 3 nitrogen and oxygen atoms in total. The minimum atomic E-state index is 0.699. The number of hydrogen-bond donors (Lipinski definition) is 1. The fourth-order valence-corrected chi connectivity index (χ4v) is 3.25. The first-order valence-corrected chi connectivity index (χ1v) is 7.34. The average Bonchev–Trinajstić information content (AvgIpc) is 2.79. The monoisotopic (exact) mass is 239 g/mol. The van der Waals surface area contributed by atoms with Gasteiger partial charge in [-0.25, -0.2) is 0 Å². The van der Waals surface area contributed by atoms with Crippen LogP contribution in [0, 0.1) is 0 Å². The lowest BCUT2D eigenvalue weighted by Crippen LogP contribution is -2.56. The van der Waals surface area contributed by atoms with E-state index in [9.17, 15) is 0 Å². The second-order valence-corrected chi connectivity index (χ2v) is 6.06. The van der Waals surface area contributed by atoms with Crippen LogP contribution in [-0.2, 0) is 0 Å². The molecule has 0 spiro atoms. The van der Waals surface area contributed by atoms with E-state index in [1.165, 1.54) is 51.9 Å². The third kappa shape index (κ3) is 3.67. The summed E-state index contributed by atoms with van der Waals surface area (Å²) in [4.78, 5) is 5.12. The Balaban J connectivity index is 1.65. The van der Waals surface area contributed by atoms with E-state index in [2.05, 4.69) is 36.0 Å². The molecule has 1 N–H and O–H groups in total. The SMILES string of the molecule is CC1CN(CCNC2CCCC2)CC(C)N1C. The summed E-state index contributed by atoms with van der Waals surface area (Å²) in [6.45, 7) is 9.54. The van der Waals surface area contributed by atoms with Gasteiger partial charge in [0.1, 0.15) is 0 Å². The number of nitrogens with zero attached hydrogens (tertiary/aromatic N) is 2. The Labute approximate surface area is 107 Å². The zero-order valence-electron chi connectivity index (χ0n) is 11.8. The van der Waals surface area contributed by atoms with Gasteiger partial charge in [-0.15, -0.1) is 0 Å². The van der Waals surface area contributed by atoms with Gasteiger partial charge in [0.2, 0.25) is 0 Å².